The smallest absolute Gasteiger partial charge is 0.0506 e. The standard InChI is InChI=1S/C11H22N2O.ClH/c1-10-7-13(5-4-12-10)8-11-3-2-6-14-9-11;/h10-12H,2-9H2,1H3;1H/t10-,11?;/m1./s1. The first kappa shape index (κ1) is 13.2. The van der Waals surface area contributed by atoms with Gasteiger partial charge in [0.25, 0.3) is 0 Å². The van der Waals surface area contributed by atoms with E-state index in [1.165, 1.54) is 32.5 Å². The van der Waals surface area contributed by atoms with Crippen LogP contribution in [0, 0.1) is 5.92 Å². The van der Waals surface area contributed by atoms with Gasteiger partial charge in [-0.3, -0.25) is 0 Å². The van der Waals surface area contributed by atoms with E-state index in [9.17, 15) is 0 Å². The molecule has 2 rings (SSSR count). The summed E-state index contributed by atoms with van der Waals surface area (Å²) in [6.45, 7) is 9.04. The molecule has 15 heavy (non-hydrogen) atoms. The van der Waals surface area contributed by atoms with E-state index in [-0.39, 0.29) is 12.4 Å². The molecule has 0 radical (unpaired) electrons. The van der Waals surface area contributed by atoms with Crippen molar-refractivity contribution >= 4 is 12.4 Å². The summed E-state index contributed by atoms with van der Waals surface area (Å²) in [5, 5.41) is 3.48. The summed E-state index contributed by atoms with van der Waals surface area (Å²) in [5.41, 5.74) is 0. The molecule has 0 aliphatic carbocycles. The van der Waals surface area contributed by atoms with E-state index in [4.69, 9.17) is 4.74 Å². The van der Waals surface area contributed by atoms with Crippen LogP contribution in [0.2, 0.25) is 0 Å². The van der Waals surface area contributed by atoms with Crippen LogP contribution < -0.4 is 5.32 Å². The molecule has 2 atom stereocenters. The van der Waals surface area contributed by atoms with Gasteiger partial charge in [-0.15, -0.1) is 12.4 Å². The second-order valence-electron chi connectivity index (χ2n) is 4.70. The number of hydrogen-bond acceptors (Lipinski definition) is 3. The van der Waals surface area contributed by atoms with Gasteiger partial charge in [0.1, 0.15) is 0 Å². The van der Waals surface area contributed by atoms with Crippen LogP contribution in [0.25, 0.3) is 0 Å². The number of hydrogen-bond donors (Lipinski definition) is 1. The van der Waals surface area contributed by atoms with Crippen molar-refractivity contribution in [3.63, 3.8) is 0 Å². The van der Waals surface area contributed by atoms with Crippen molar-refractivity contribution < 1.29 is 4.74 Å². The zero-order valence-corrected chi connectivity index (χ0v) is 10.4. The molecule has 0 amide bonds. The Hall–Kier alpha value is 0.170. The molecule has 2 aliphatic heterocycles. The van der Waals surface area contributed by atoms with E-state index < -0.39 is 0 Å². The zero-order valence-electron chi connectivity index (χ0n) is 9.58. The molecule has 0 aromatic heterocycles. The van der Waals surface area contributed by atoms with Gasteiger partial charge in [0.05, 0.1) is 6.61 Å². The normalized spacial score (nSPS) is 33.4. The van der Waals surface area contributed by atoms with Crippen LogP contribution >= 0.6 is 12.4 Å². The van der Waals surface area contributed by atoms with Gasteiger partial charge in [-0.2, -0.15) is 0 Å². The first-order valence-corrected chi connectivity index (χ1v) is 5.88. The Morgan fingerprint density at radius 2 is 2.33 bits per heavy atom. The molecule has 0 bridgehead atoms. The Labute approximate surface area is 99.0 Å². The van der Waals surface area contributed by atoms with Crippen LogP contribution in [0.5, 0.6) is 0 Å². The van der Waals surface area contributed by atoms with E-state index >= 15 is 0 Å². The lowest BCUT2D eigenvalue weighted by Crippen LogP contribution is -2.50. The molecule has 2 saturated heterocycles. The molecular weight excluding hydrogens is 212 g/mol. The summed E-state index contributed by atoms with van der Waals surface area (Å²) < 4.78 is 5.51. The lowest BCUT2D eigenvalue weighted by Gasteiger charge is -2.35. The van der Waals surface area contributed by atoms with Crippen LogP contribution in [0.1, 0.15) is 19.8 Å². The molecule has 1 N–H and O–H groups in total. The van der Waals surface area contributed by atoms with Crippen LogP contribution in [-0.2, 0) is 4.74 Å². The van der Waals surface area contributed by atoms with Gasteiger partial charge in [0.15, 0.2) is 0 Å². The number of ether oxygens (including phenoxy) is 1. The monoisotopic (exact) mass is 234 g/mol. The molecule has 0 spiro atoms. The quantitative estimate of drug-likeness (QED) is 0.776. The van der Waals surface area contributed by atoms with Crippen molar-refractivity contribution in [1.29, 1.82) is 0 Å². The summed E-state index contributed by atoms with van der Waals surface area (Å²) in [7, 11) is 0. The highest BCUT2D eigenvalue weighted by molar-refractivity contribution is 5.85. The van der Waals surface area contributed by atoms with Crippen LogP contribution in [-0.4, -0.2) is 50.3 Å². The van der Waals surface area contributed by atoms with E-state index in [2.05, 4.69) is 17.1 Å². The van der Waals surface area contributed by atoms with E-state index in [0.717, 1.165) is 25.7 Å². The first-order valence-electron chi connectivity index (χ1n) is 5.88. The molecule has 1 unspecified atom stereocenters. The fourth-order valence-electron chi connectivity index (χ4n) is 2.49. The highest BCUT2D eigenvalue weighted by atomic mass is 35.5. The predicted octanol–water partition coefficient (Wildman–Crippen LogP) is 1.13. The lowest BCUT2D eigenvalue weighted by molar-refractivity contribution is 0.0344. The molecular formula is C11H23ClN2O. The van der Waals surface area contributed by atoms with Crippen molar-refractivity contribution in [2.24, 2.45) is 5.92 Å². The fourth-order valence-corrected chi connectivity index (χ4v) is 2.49. The third kappa shape index (κ3) is 4.27. The number of halogens is 1. The summed E-state index contributed by atoms with van der Waals surface area (Å²) in [6, 6.07) is 0.660. The second-order valence-corrected chi connectivity index (χ2v) is 4.70. The maximum Gasteiger partial charge on any atom is 0.0506 e. The minimum Gasteiger partial charge on any atom is -0.381 e. The molecule has 2 heterocycles. The van der Waals surface area contributed by atoms with Gasteiger partial charge in [-0.05, 0) is 25.7 Å². The average molecular weight is 235 g/mol. The minimum atomic E-state index is 0. The third-order valence-corrected chi connectivity index (χ3v) is 3.22. The van der Waals surface area contributed by atoms with Gasteiger partial charge in [-0.1, -0.05) is 0 Å². The first-order chi connectivity index (χ1) is 6.84. The number of nitrogens with one attached hydrogen (secondary N) is 1. The summed E-state index contributed by atoms with van der Waals surface area (Å²) >= 11 is 0. The number of nitrogens with zero attached hydrogens (tertiary/aromatic N) is 1. The van der Waals surface area contributed by atoms with E-state index in [1.54, 1.807) is 0 Å². The summed E-state index contributed by atoms with van der Waals surface area (Å²) in [5.74, 6) is 0.786. The highest BCUT2D eigenvalue weighted by Gasteiger charge is 2.21. The SMILES string of the molecule is C[C@@H]1CN(CC2CCCOC2)CCN1.Cl. The Morgan fingerprint density at radius 3 is 3.00 bits per heavy atom. The minimum absolute atomic E-state index is 0. The Bertz CT molecular complexity index is 174. The molecule has 3 nitrogen and oxygen atoms in total. The third-order valence-electron chi connectivity index (χ3n) is 3.22. The molecule has 0 aromatic rings. The average Bonchev–Trinajstić information content (AvgIpc) is 2.19. The zero-order chi connectivity index (χ0) is 9.80. The van der Waals surface area contributed by atoms with Gasteiger partial charge in [0.2, 0.25) is 0 Å². The fraction of sp³-hybridized carbons (Fsp3) is 1.00. The largest absolute Gasteiger partial charge is 0.381 e. The van der Waals surface area contributed by atoms with Crippen molar-refractivity contribution in [1.82, 2.24) is 10.2 Å². The highest BCUT2D eigenvalue weighted by Crippen LogP contribution is 2.15. The van der Waals surface area contributed by atoms with Gasteiger partial charge in [-0.25, -0.2) is 0 Å². The van der Waals surface area contributed by atoms with Crippen LogP contribution in [0.15, 0.2) is 0 Å². The van der Waals surface area contributed by atoms with Gasteiger partial charge < -0.3 is 15.0 Å². The van der Waals surface area contributed by atoms with Gasteiger partial charge >= 0.3 is 0 Å². The summed E-state index contributed by atoms with van der Waals surface area (Å²) in [6.07, 6.45) is 2.62. The number of rotatable bonds is 2. The predicted molar refractivity (Wildman–Crippen MR) is 64.7 cm³/mol. The summed E-state index contributed by atoms with van der Waals surface area (Å²) in [4.78, 5) is 2.58. The van der Waals surface area contributed by atoms with Crippen molar-refractivity contribution in [3.8, 4) is 0 Å². The van der Waals surface area contributed by atoms with E-state index in [1.807, 2.05) is 0 Å². The molecule has 2 fully saturated rings. The van der Waals surface area contributed by atoms with Crippen LogP contribution in [0.3, 0.4) is 0 Å². The van der Waals surface area contributed by atoms with Crippen LogP contribution in [0.4, 0.5) is 0 Å². The van der Waals surface area contributed by atoms with Crippen molar-refractivity contribution in [2.45, 2.75) is 25.8 Å². The molecule has 4 heteroatoms. The maximum absolute atomic E-state index is 5.51. The van der Waals surface area contributed by atoms with Crippen molar-refractivity contribution in [3.05, 3.63) is 0 Å². The maximum atomic E-state index is 5.51. The lowest BCUT2D eigenvalue weighted by atomic mass is 10.0. The molecule has 0 aromatic carbocycles. The molecule has 2 aliphatic rings. The number of piperazine rings is 1. The molecule has 90 valence electrons. The topological polar surface area (TPSA) is 24.5 Å². The molecule has 0 saturated carbocycles. The Balaban J connectivity index is 0.00000112. The van der Waals surface area contributed by atoms with E-state index in [0.29, 0.717) is 6.04 Å². The van der Waals surface area contributed by atoms with Crippen molar-refractivity contribution in [2.75, 3.05) is 39.4 Å². The Morgan fingerprint density at radius 1 is 1.47 bits per heavy atom. The Kier molecular flexibility index (Phi) is 5.90. The van der Waals surface area contributed by atoms with Gasteiger partial charge in [0, 0.05) is 38.8 Å². The second kappa shape index (κ2) is 6.69.